The monoisotopic (exact) mass is 460 g/mol. The minimum absolute atomic E-state index is 0.0307. The summed E-state index contributed by atoms with van der Waals surface area (Å²) < 4.78 is 4.32. The lowest BCUT2D eigenvalue weighted by Crippen LogP contribution is -2.25. The number of nitrogens with zero attached hydrogens (tertiary/aromatic N) is 5. The molecule has 3 aromatic rings. The third-order valence-corrected chi connectivity index (χ3v) is 4.91. The van der Waals surface area contributed by atoms with Crippen molar-refractivity contribution in [2.75, 3.05) is 6.54 Å². The van der Waals surface area contributed by atoms with Crippen LogP contribution >= 0.6 is 15.9 Å². The fourth-order valence-electron chi connectivity index (χ4n) is 3.10. The summed E-state index contributed by atoms with van der Waals surface area (Å²) in [4.78, 5) is 23.2. The van der Waals surface area contributed by atoms with Crippen molar-refractivity contribution in [3.8, 4) is 0 Å². The lowest BCUT2D eigenvalue weighted by Gasteiger charge is -2.08. The van der Waals surface area contributed by atoms with E-state index in [-0.39, 0.29) is 11.6 Å². The number of nitrogens with one attached hydrogen (secondary N) is 1. The van der Waals surface area contributed by atoms with E-state index in [1.807, 2.05) is 16.9 Å². The molecule has 1 aromatic carbocycles. The molecular weight excluding hydrogens is 440 g/mol. The van der Waals surface area contributed by atoms with Crippen LogP contribution in [-0.2, 0) is 13.1 Å². The first-order chi connectivity index (χ1) is 13.8. The highest BCUT2D eigenvalue weighted by Gasteiger charge is 2.21. The number of carbonyl (C=O) groups excluding carboxylic acids is 1. The van der Waals surface area contributed by atoms with Gasteiger partial charge in [0.05, 0.1) is 22.1 Å². The summed E-state index contributed by atoms with van der Waals surface area (Å²) in [5.41, 5.74) is 2.29. The summed E-state index contributed by atoms with van der Waals surface area (Å²) in [5, 5.41) is 22.5. The lowest BCUT2D eigenvalue weighted by molar-refractivity contribution is -0.386. The molecule has 0 aliphatic rings. The number of hydrogen-bond acceptors (Lipinski definition) is 5. The van der Waals surface area contributed by atoms with E-state index in [9.17, 15) is 14.9 Å². The average molecular weight is 461 g/mol. The van der Waals surface area contributed by atoms with Crippen molar-refractivity contribution in [1.29, 1.82) is 0 Å². The highest BCUT2D eigenvalue weighted by atomic mass is 79.9. The maximum atomic E-state index is 12.4. The van der Waals surface area contributed by atoms with Gasteiger partial charge in [-0.15, -0.1) is 0 Å². The molecule has 1 amide bonds. The number of halogens is 1. The number of carbonyl (C=O) groups is 1. The van der Waals surface area contributed by atoms with E-state index >= 15 is 0 Å². The quantitative estimate of drug-likeness (QED) is 0.315. The molecule has 0 atom stereocenters. The fraction of sp³-hybridized carbons (Fsp3) is 0.316. The van der Waals surface area contributed by atoms with Crippen LogP contribution in [0.25, 0.3) is 0 Å². The SMILES string of the molecule is Cc1nn(Cc2cccc(C(=O)NCCCn3cc(Br)cn3)c2)c(C)c1[N+](=O)[O-]. The van der Waals surface area contributed by atoms with Crippen LogP contribution in [0.5, 0.6) is 0 Å². The van der Waals surface area contributed by atoms with Gasteiger partial charge in [0.25, 0.3) is 5.91 Å². The number of aromatic nitrogens is 4. The van der Waals surface area contributed by atoms with Gasteiger partial charge in [0.15, 0.2) is 0 Å². The first-order valence-electron chi connectivity index (χ1n) is 9.08. The van der Waals surface area contributed by atoms with Gasteiger partial charge in [0.1, 0.15) is 11.4 Å². The van der Waals surface area contributed by atoms with Crippen molar-refractivity contribution in [2.24, 2.45) is 0 Å². The van der Waals surface area contributed by atoms with Crippen LogP contribution in [0, 0.1) is 24.0 Å². The summed E-state index contributed by atoms with van der Waals surface area (Å²) in [7, 11) is 0. The summed E-state index contributed by atoms with van der Waals surface area (Å²) in [5.74, 6) is -0.159. The van der Waals surface area contributed by atoms with Crippen LogP contribution in [0.2, 0.25) is 0 Å². The molecule has 0 spiro atoms. The first kappa shape index (κ1) is 20.7. The van der Waals surface area contributed by atoms with Crippen molar-refractivity contribution in [3.63, 3.8) is 0 Å². The van der Waals surface area contributed by atoms with Crippen molar-refractivity contribution in [1.82, 2.24) is 24.9 Å². The van der Waals surface area contributed by atoms with Gasteiger partial charge in [-0.2, -0.15) is 10.2 Å². The second-order valence-electron chi connectivity index (χ2n) is 6.67. The molecule has 152 valence electrons. The Hall–Kier alpha value is -3.01. The molecule has 9 nitrogen and oxygen atoms in total. The third kappa shape index (κ3) is 5.08. The highest BCUT2D eigenvalue weighted by Crippen LogP contribution is 2.22. The van der Waals surface area contributed by atoms with E-state index in [2.05, 4.69) is 31.4 Å². The predicted molar refractivity (Wildman–Crippen MR) is 111 cm³/mol. The van der Waals surface area contributed by atoms with Gasteiger partial charge in [-0.3, -0.25) is 24.3 Å². The topological polar surface area (TPSA) is 108 Å². The van der Waals surface area contributed by atoms with Gasteiger partial charge in [-0.25, -0.2) is 0 Å². The Morgan fingerprint density at radius 1 is 1.34 bits per heavy atom. The van der Waals surface area contributed by atoms with E-state index < -0.39 is 4.92 Å². The van der Waals surface area contributed by atoms with Gasteiger partial charge in [-0.1, -0.05) is 12.1 Å². The molecule has 29 heavy (non-hydrogen) atoms. The number of nitro groups is 1. The Morgan fingerprint density at radius 3 is 2.79 bits per heavy atom. The predicted octanol–water partition coefficient (Wildman–Crippen LogP) is 3.24. The molecule has 0 saturated carbocycles. The number of rotatable bonds is 8. The maximum absolute atomic E-state index is 12.4. The summed E-state index contributed by atoms with van der Waals surface area (Å²) in [6.45, 7) is 4.89. The fourth-order valence-corrected chi connectivity index (χ4v) is 3.42. The molecule has 1 N–H and O–H groups in total. The number of amides is 1. The summed E-state index contributed by atoms with van der Waals surface area (Å²) >= 11 is 3.35. The molecule has 10 heteroatoms. The zero-order valence-electron chi connectivity index (χ0n) is 16.1. The molecule has 0 aliphatic carbocycles. The van der Waals surface area contributed by atoms with E-state index in [1.165, 1.54) is 0 Å². The molecule has 0 radical (unpaired) electrons. The molecule has 0 fully saturated rings. The van der Waals surface area contributed by atoms with E-state index in [0.29, 0.717) is 36.6 Å². The van der Waals surface area contributed by atoms with Crippen molar-refractivity contribution in [2.45, 2.75) is 33.4 Å². The second-order valence-corrected chi connectivity index (χ2v) is 7.58. The Balaban J connectivity index is 1.59. The summed E-state index contributed by atoms with van der Waals surface area (Å²) in [6.07, 6.45) is 4.37. The first-order valence-corrected chi connectivity index (χ1v) is 9.88. The van der Waals surface area contributed by atoms with Gasteiger partial charge in [0, 0.05) is 24.8 Å². The van der Waals surface area contributed by atoms with Crippen molar-refractivity contribution >= 4 is 27.5 Å². The minimum Gasteiger partial charge on any atom is -0.352 e. The highest BCUT2D eigenvalue weighted by molar-refractivity contribution is 9.10. The van der Waals surface area contributed by atoms with Gasteiger partial charge in [-0.05, 0) is 53.9 Å². The molecule has 3 rings (SSSR count). The molecule has 2 heterocycles. The second kappa shape index (κ2) is 8.99. The third-order valence-electron chi connectivity index (χ3n) is 4.50. The maximum Gasteiger partial charge on any atom is 0.312 e. The van der Waals surface area contributed by atoms with Crippen molar-refractivity contribution in [3.05, 3.63) is 73.8 Å². The number of benzene rings is 1. The van der Waals surface area contributed by atoms with Crippen LogP contribution in [0.3, 0.4) is 0 Å². The zero-order chi connectivity index (χ0) is 21.0. The number of aryl methyl sites for hydroxylation is 2. The molecule has 0 unspecified atom stereocenters. The molecular formula is C19H21BrN6O3. The Labute approximate surface area is 176 Å². The van der Waals surface area contributed by atoms with Gasteiger partial charge >= 0.3 is 5.69 Å². The standard InChI is InChI=1S/C19H21BrN6O3/c1-13-18(26(28)29)14(2)25(23-13)11-15-5-3-6-16(9-15)19(27)21-7-4-8-24-12-17(20)10-22-24/h3,5-6,9-10,12H,4,7-8,11H2,1-2H3,(H,21,27). The Kier molecular flexibility index (Phi) is 6.42. The lowest BCUT2D eigenvalue weighted by atomic mass is 10.1. The Bertz CT molecular complexity index is 1040. The van der Waals surface area contributed by atoms with Gasteiger partial charge < -0.3 is 5.32 Å². The van der Waals surface area contributed by atoms with E-state index in [1.54, 1.807) is 42.9 Å². The van der Waals surface area contributed by atoms with Gasteiger partial charge in [0.2, 0.25) is 0 Å². The zero-order valence-corrected chi connectivity index (χ0v) is 17.7. The largest absolute Gasteiger partial charge is 0.352 e. The Morgan fingerprint density at radius 2 is 2.14 bits per heavy atom. The van der Waals surface area contributed by atoms with Crippen LogP contribution in [0.1, 0.15) is 33.7 Å². The van der Waals surface area contributed by atoms with E-state index in [0.717, 1.165) is 16.5 Å². The van der Waals surface area contributed by atoms with Crippen LogP contribution in [0.4, 0.5) is 5.69 Å². The van der Waals surface area contributed by atoms with E-state index in [4.69, 9.17) is 0 Å². The summed E-state index contributed by atoms with van der Waals surface area (Å²) in [6, 6.07) is 7.19. The molecule has 0 bridgehead atoms. The molecule has 0 saturated heterocycles. The average Bonchev–Trinajstić information content (AvgIpc) is 3.21. The van der Waals surface area contributed by atoms with Crippen LogP contribution in [0.15, 0.2) is 41.1 Å². The normalized spacial score (nSPS) is 10.9. The molecule has 0 aliphatic heterocycles. The van der Waals surface area contributed by atoms with Crippen LogP contribution in [-0.4, -0.2) is 36.9 Å². The minimum atomic E-state index is -0.417. The smallest absolute Gasteiger partial charge is 0.312 e. The number of hydrogen-bond donors (Lipinski definition) is 1. The van der Waals surface area contributed by atoms with Crippen LogP contribution < -0.4 is 5.32 Å². The van der Waals surface area contributed by atoms with Crippen molar-refractivity contribution < 1.29 is 9.72 Å². The molecule has 2 aromatic heterocycles.